The van der Waals surface area contributed by atoms with Gasteiger partial charge >= 0.3 is 11.9 Å². The third-order valence-electron chi connectivity index (χ3n) is 5.32. The topological polar surface area (TPSA) is 96.8 Å². The monoisotopic (exact) mass is 482 g/mol. The number of ether oxygens (including phenoxy) is 1. The van der Waals surface area contributed by atoms with Gasteiger partial charge in [-0.15, -0.1) is 0 Å². The summed E-state index contributed by atoms with van der Waals surface area (Å²) in [4.78, 5) is 44.2. The summed E-state index contributed by atoms with van der Waals surface area (Å²) in [6.45, 7) is 3.54. The second kappa shape index (κ2) is 8.80. The van der Waals surface area contributed by atoms with Gasteiger partial charge in [-0.05, 0) is 43.7 Å². The Labute approximate surface area is 198 Å². The average Bonchev–Trinajstić information content (AvgIpc) is 3.31. The van der Waals surface area contributed by atoms with Gasteiger partial charge < -0.3 is 9.84 Å². The van der Waals surface area contributed by atoms with Crippen LogP contribution in [0.5, 0.6) is 0 Å². The molecule has 1 aliphatic rings. The minimum atomic E-state index is -0.933. The number of benzene rings is 2. The number of hydrogen-bond acceptors (Lipinski definition) is 7. The molecule has 1 aliphatic heterocycles. The van der Waals surface area contributed by atoms with Crippen LogP contribution in [0.3, 0.4) is 0 Å². The molecule has 0 radical (unpaired) electrons. The van der Waals surface area contributed by atoms with Crippen LogP contribution in [-0.4, -0.2) is 34.9 Å². The summed E-state index contributed by atoms with van der Waals surface area (Å²) in [5, 5.41) is 11.7. The lowest BCUT2D eigenvalue weighted by molar-refractivity contribution is -0.132. The summed E-state index contributed by atoms with van der Waals surface area (Å²) < 4.78 is 4.79. The van der Waals surface area contributed by atoms with E-state index in [9.17, 15) is 19.5 Å². The molecule has 1 fully saturated rings. The van der Waals surface area contributed by atoms with E-state index in [-0.39, 0.29) is 21.3 Å². The van der Waals surface area contributed by atoms with Crippen molar-refractivity contribution in [1.82, 2.24) is 4.98 Å². The van der Waals surface area contributed by atoms with E-state index in [2.05, 4.69) is 4.98 Å². The van der Waals surface area contributed by atoms with E-state index in [0.717, 1.165) is 16.9 Å². The van der Waals surface area contributed by atoms with Crippen molar-refractivity contribution in [3.05, 3.63) is 86.4 Å². The van der Waals surface area contributed by atoms with Gasteiger partial charge in [0.1, 0.15) is 10.6 Å². The Bertz CT molecular complexity index is 1300. The zero-order chi connectivity index (χ0) is 23.9. The van der Waals surface area contributed by atoms with Gasteiger partial charge in [0.05, 0.1) is 24.4 Å². The molecule has 1 aromatic heterocycles. The number of aliphatic hydroxyl groups is 1. The van der Waals surface area contributed by atoms with Crippen molar-refractivity contribution in [3.8, 4) is 0 Å². The lowest BCUT2D eigenvalue weighted by Gasteiger charge is -2.23. The highest BCUT2D eigenvalue weighted by molar-refractivity contribution is 7.17. The molecule has 2 aromatic carbocycles. The zero-order valence-corrected chi connectivity index (χ0v) is 19.5. The standard InChI is InChI=1S/C24H19ClN2O5S/c1-12-4-6-14(7-5-12)18-17(19(28)15-8-10-16(25)11-9-15)20(29)22(30)27(18)24-26-13(2)21(33-24)23(31)32-3/h4-11,18,28H,1-3H3/b19-17+/t18-/m0/s1. The first-order valence-electron chi connectivity index (χ1n) is 9.92. The maximum absolute atomic E-state index is 13.2. The van der Waals surface area contributed by atoms with E-state index in [0.29, 0.717) is 21.8 Å². The summed E-state index contributed by atoms with van der Waals surface area (Å²) in [7, 11) is 1.26. The highest BCUT2D eigenvalue weighted by Gasteiger charge is 2.48. The van der Waals surface area contributed by atoms with Gasteiger partial charge in [-0.2, -0.15) is 0 Å². The van der Waals surface area contributed by atoms with Gasteiger partial charge in [-0.3, -0.25) is 14.5 Å². The normalized spacial score (nSPS) is 17.5. The average molecular weight is 483 g/mol. The van der Waals surface area contributed by atoms with E-state index < -0.39 is 23.7 Å². The van der Waals surface area contributed by atoms with Crippen molar-refractivity contribution in [3.63, 3.8) is 0 Å². The predicted molar refractivity (Wildman–Crippen MR) is 126 cm³/mol. The number of methoxy groups -OCH3 is 1. The molecule has 33 heavy (non-hydrogen) atoms. The molecule has 2 heterocycles. The van der Waals surface area contributed by atoms with Crippen molar-refractivity contribution in [2.45, 2.75) is 19.9 Å². The number of carbonyl (C=O) groups excluding carboxylic acids is 3. The number of amides is 1. The Morgan fingerprint density at radius 3 is 2.33 bits per heavy atom. The molecular weight excluding hydrogens is 464 g/mol. The first kappa shape index (κ1) is 22.7. The number of halogens is 1. The molecule has 0 spiro atoms. The number of esters is 1. The van der Waals surface area contributed by atoms with Crippen molar-refractivity contribution < 1.29 is 24.2 Å². The number of aromatic nitrogens is 1. The molecule has 9 heteroatoms. The van der Waals surface area contributed by atoms with Crippen molar-refractivity contribution in [1.29, 1.82) is 0 Å². The van der Waals surface area contributed by atoms with Crippen LogP contribution < -0.4 is 4.90 Å². The molecule has 1 atom stereocenters. The first-order chi connectivity index (χ1) is 15.7. The number of nitrogens with zero attached hydrogens (tertiary/aromatic N) is 2. The first-order valence-corrected chi connectivity index (χ1v) is 11.1. The van der Waals surface area contributed by atoms with Gasteiger partial charge in [0.25, 0.3) is 5.78 Å². The number of aliphatic hydroxyl groups excluding tert-OH is 1. The van der Waals surface area contributed by atoms with E-state index in [4.69, 9.17) is 16.3 Å². The molecule has 1 saturated heterocycles. The molecule has 1 amide bonds. The van der Waals surface area contributed by atoms with Crippen LogP contribution in [0.15, 0.2) is 54.1 Å². The fraction of sp³-hybridized carbons (Fsp3) is 0.167. The number of hydrogen-bond donors (Lipinski definition) is 1. The largest absolute Gasteiger partial charge is 0.507 e. The highest BCUT2D eigenvalue weighted by atomic mass is 35.5. The summed E-state index contributed by atoms with van der Waals surface area (Å²) in [6, 6.07) is 12.7. The Morgan fingerprint density at radius 2 is 1.73 bits per heavy atom. The Hall–Kier alpha value is -3.49. The molecule has 168 valence electrons. The van der Waals surface area contributed by atoms with Crippen LogP contribution in [0.1, 0.15) is 38.1 Å². The maximum Gasteiger partial charge on any atom is 0.350 e. The second-order valence-corrected chi connectivity index (χ2v) is 8.90. The van der Waals surface area contributed by atoms with Crippen LogP contribution in [-0.2, 0) is 14.3 Å². The Morgan fingerprint density at radius 1 is 1.09 bits per heavy atom. The van der Waals surface area contributed by atoms with Crippen LogP contribution in [0, 0.1) is 13.8 Å². The molecule has 3 aromatic rings. The highest BCUT2D eigenvalue weighted by Crippen LogP contribution is 2.44. The van der Waals surface area contributed by atoms with Crippen LogP contribution >= 0.6 is 22.9 Å². The predicted octanol–water partition coefficient (Wildman–Crippen LogP) is 4.83. The molecule has 0 unspecified atom stereocenters. The fourth-order valence-electron chi connectivity index (χ4n) is 3.62. The second-order valence-electron chi connectivity index (χ2n) is 7.49. The zero-order valence-electron chi connectivity index (χ0n) is 18.0. The van der Waals surface area contributed by atoms with Gasteiger partial charge in [0, 0.05) is 10.6 Å². The molecular formula is C24H19ClN2O5S. The Balaban J connectivity index is 1.93. The van der Waals surface area contributed by atoms with Gasteiger partial charge in [-0.1, -0.05) is 52.8 Å². The molecule has 0 bridgehead atoms. The van der Waals surface area contributed by atoms with E-state index in [1.165, 1.54) is 12.0 Å². The van der Waals surface area contributed by atoms with Crippen molar-refractivity contribution in [2.24, 2.45) is 0 Å². The number of aryl methyl sites for hydroxylation is 2. The van der Waals surface area contributed by atoms with Gasteiger partial charge in [0.15, 0.2) is 5.13 Å². The summed E-state index contributed by atoms with van der Waals surface area (Å²) in [5.74, 6) is -2.60. The summed E-state index contributed by atoms with van der Waals surface area (Å²) >= 11 is 6.91. The molecule has 4 rings (SSSR count). The number of anilines is 1. The molecule has 0 saturated carbocycles. The lowest BCUT2D eigenvalue weighted by atomic mass is 9.95. The number of thiazole rings is 1. The third kappa shape index (κ3) is 4.03. The molecule has 0 aliphatic carbocycles. The quantitative estimate of drug-likeness (QED) is 0.248. The van der Waals surface area contributed by atoms with Crippen LogP contribution in [0.2, 0.25) is 5.02 Å². The SMILES string of the molecule is COC(=O)c1sc(N2C(=O)C(=O)/C(=C(/O)c3ccc(Cl)cc3)[C@@H]2c2ccc(C)cc2)nc1C. The van der Waals surface area contributed by atoms with E-state index in [1.54, 1.807) is 43.3 Å². The minimum absolute atomic E-state index is 0.0707. The number of ketones is 1. The summed E-state index contributed by atoms with van der Waals surface area (Å²) in [6.07, 6.45) is 0. The summed E-state index contributed by atoms with van der Waals surface area (Å²) in [5.41, 5.74) is 2.26. The van der Waals surface area contributed by atoms with Crippen molar-refractivity contribution >= 4 is 51.5 Å². The number of rotatable bonds is 4. The number of Topliss-reactive ketones (excluding diaryl/α,β-unsaturated/α-hetero) is 1. The molecule has 7 nitrogen and oxygen atoms in total. The minimum Gasteiger partial charge on any atom is -0.507 e. The Kier molecular flexibility index (Phi) is 6.05. The fourth-order valence-corrected chi connectivity index (χ4v) is 4.76. The van der Waals surface area contributed by atoms with E-state index in [1.807, 2.05) is 19.1 Å². The maximum atomic E-state index is 13.2. The molecule has 1 N–H and O–H groups in total. The van der Waals surface area contributed by atoms with Gasteiger partial charge in [-0.25, -0.2) is 9.78 Å². The number of carbonyl (C=O) groups is 3. The van der Waals surface area contributed by atoms with Crippen LogP contribution in [0.4, 0.5) is 5.13 Å². The van der Waals surface area contributed by atoms with Gasteiger partial charge in [0.2, 0.25) is 0 Å². The lowest BCUT2D eigenvalue weighted by Crippen LogP contribution is -2.29. The third-order valence-corrected chi connectivity index (χ3v) is 6.71. The van der Waals surface area contributed by atoms with Crippen LogP contribution in [0.25, 0.3) is 5.76 Å². The van der Waals surface area contributed by atoms with Crippen molar-refractivity contribution in [2.75, 3.05) is 12.0 Å². The smallest absolute Gasteiger partial charge is 0.350 e. The van der Waals surface area contributed by atoms with E-state index >= 15 is 0 Å².